The molecule has 1 aliphatic rings. The summed E-state index contributed by atoms with van der Waals surface area (Å²) >= 11 is 0. The number of piperidine rings is 1. The maximum absolute atomic E-state index is 12.5. The van der Waals surface area contributed by atoms with Crippen LogP contribution in [0.15, 0.2) is 6.07 Å². The van der Waals surface area contributed by atoms with E-state index in [4.69, 9.17) is 10.5 Å². The summed E-state index contributed by atoms with van der Waals surface area (Å²) in [5.74, 6) is 0.322. The average Bonchev–Trinajstić information content (AvgIpc) is 2.46. The van der Waals surface area contributed by atoms with Crippen LogP contribution in [0.2, 0.25) is 0 Å². The molecule has 3 N–H and O–H groups in total. The van der Waals surface area contributed by atoms with Crippen LogP contribution in [-0.2, 0) is 10.2 Å². The Labute approximate surface area is 124 Å². The second-order valence-corrected chi connectivity index (χ2v) is 6.60. The van der Waals surface area contributed by atoms with Gasteiger partial charge < -0.3 is 10.5 Å². The zero-order chi connectivity index (χ0) is 15.5. The second-order valence-electron chi connectivity index (χ2n) is 4.98. The maximum atomic E-state index is 12.5. The molecule has 1 aromatic heterocycles. The highest BCUT2D eigenvalue weighted by atomic mass is 32.2. The predicted octanol–water partition coefficient (Wildman–Crippen LogP) is 0.264. The Kier molecular flexibility index (Phi) is 4.96. The van der Waals surface area contributed by atoms with E-state index in [1.807, 2.05) is 0 Å². The van der Waals surface area contributed by atoms with Crippen LogP contribution in [0.3, 0.4) is 0 Å². The third-order valence-electron chi connectivity index (χ3n) is 3.41. The van der Waals surface area contributed by atoms with E-state index in [1.54, 1.807) is 13.0 Å². The molecule has 2 rings (SSSR count). The number of nitrogens with one attached hydrogen (secondary N) is 1. The van der Waals surface area contributed by atoms with Gasteiger partial charge in [0.25, 0.3) is 0 Å². The van der Waals surface area contributed by atoms with Crippen LogP contribution in [0, 0.1) is 6.92 Å². The van der Waals surface area contributed by atoms with Crippen LogP contribution < -0.4 is 15.2 Å². The van der Waals surface area contributed by atoms with Gasteiger partial charge in [-0.2, -0.15) is 17.7 Å². The van der Waals surface area contributed by atoms with Gasteiger partial charge in [-0.15, -0.1) is 0 Å². The molecule has 1 saturated heterocycles. The summed E-state index contributed by atoms with van der Waals surface area (Å²) in [6, 6.07) is 1.45. The normalized spacial score (nSPS) is 20.2. The molecule has 0 spiro atoms. The van der Waals surface area contributed by atoms with Crippen LogP contribution in [0.5, 0.6) is 5.88 Å². The molecule has 0 bridgehead atoms. The van der Waals surface area contributed by atoms with Crippen molar-refractivity contribution in [1.29, 1.82) is 0 Å². The lowest BCUT2D eigenvalue weighted by Crippen LogP contribution is -2.49. The van der Waals surface area contributed by atoms with Gasteiger partial charge in [0.15, 0.2) is 0 Å². The summed E-state index contributed by atoms with van der Waals surface area (Å²) in [5.41, 5.74) is 6.29. The van der Waals surface area contributed by atoms with Crippen molar-refractivity contribution in [3.8, 4) is 5.88 Å². The highest BCUT2D eigenvalue weighted by Crippen LogP contribution is 2.21. The molecule has 1 unspecified atom stereocenters. The number of aryl methyl sites for hydroxylation is 1. The number of hydrogen-bond donors (Lipinski definition) is 2. The maximum Gasteiger partial charge on any atom is 0.304 e. The molecule has 0 aromatic carbocycles. The van der Waals surface area contributed by atoms with Gasteiger partial charge in [0.05, 0.1) is 7.11 Å². The summed E-state index contributed by atoms with van der Waals surface area (Å²) in [5, 5.41) is 0. The number of anilines is 1. The van der Waals surface area contributed by atoms with Crippen molar-refractivity contribution in [2.24, 2.45) is 5.73 Å². The van der Waals surface area contributed by atoms with Gasteiger partial charge in [0.1, 0.15) is 0 Å². The molecule has 118 valence electrons. The molecule has 1 aliphatic heterocycles. The first-order valence-electron chi connectivity index (χ1n) is 6.85. The average molecular weight is 315 g/mol. The summed E-state index contributed by atoms with van der Waals surface area (Å²) < 4.78 is 33.8. The highest BCUT2D eigenvalue weighted by Gasteiger charge is 2.32. The lowest BCUT2D eigenvalue weighted by molar-refractivity contribution is 0.259. The van der Waals surface area contributed by atoms with Crippen molar-refractivity contribution in [2.75, 3.05) is 24.9 Å². The highest BCUT2D eigenvalue weighted by molar-refractivity contribution is 7.90. The van der Waals surface area contributed by atoms with E-state index in [9.17, 15) is 8.42 Å². The van der Waals surface area contributed by atoms with E-state index in [1.165, 1.54) is 11.4 Å². The number of nitrogens with zero attached hydrogens (tertiary/aromatic N) is 3. The quantitative estimate of drug-likeness (QED) is 0.806. The predicted molar refractivity (Wildman–Crippen MR) is 79.3 cm³/mol. The Morgan fingerprint density at radius 2 is 2.24 bits per heavy atom. The minimum absolute atomic E-state index is 0.00759. The van der Waals surface area contributed by atoms with E-state index in [0.29, 0.717) is 24.7 Å². The number of nitrogens with two attached hydrogens (primary N) is 1. The second kappa shape index (κ2) is 6.54. The summed E-state index contributed by atoms with van der Waals surface area (Å²) in [7, 11) is -2.25. The van der Waals surface area contributed by atoms with E-state index >= 15 is 0 Å². The Bertz CT molecular complexity index is 593. The molecule has 1 atom stereocenters. The minimum Gasteiger partial charge on any atom is -0.481 e. The third kappa shape index (κ3) is 3.80. The fraction of sp³-hybridized carbons (Fsp3) is 0.667. The van der Waals surface area contributed by atoms with E-state index in [2.05, 4.69) is 14.7 Å². The van der Waals surface area contributed by atoms with E-state index < -0.39 is 10.2 Å². The van der Waals surface area contributed by atoms with Gasteiger partial charge >= 0.3 is 10.2 Å². The first kappa shape index (κ1) is 15.9. The van der Waals surface area contributed by atoms with Gasteiger partial charge in [-0.25, -0.2) is 9.71 Å². The van der Waals surface area contributed by atoms with Crippen molar-refractivity contribution < 1.29 is 13.2 Å². The minimum atomic E-state index is -3.72. The number of aromatic nitrogens is 2. The SMILES string of the molecule is COc1cc(C)nc(NS(=O)(=O)N2CCCCC2CN)n1. The third-order valence-corrected chi connectivity index (χ3v) is 4.95. The van der Waals surface area contributed by atoms with Crippen LogP contribution in [-0.4, -0.2) is 48.9 Å². The molecular weight excluding hydrogens is 294 g/mol. The first-order valence-corrected chi connectivity index (χ1v) is 8.29. The monoisotopic (exact) mass is 315 g/mol. The Morgan fingerprint density at radius 1 is 1.48 bits per heavy atom. The van der Waals surface area contributed by atoms with Crippen molar-refractivity contribution >= 4 is 16.2 Å². The van der Waals surface area contributed by atoms with Crippen molar-refractivity contribution in [3.05, 3.63) is 11.8 Å². The van der Waals surface area contributed by atoms with Crippen molar-refractivity contribution in [2.45, 2.75) is 32.2 Å². The fourth-order valence-corrected chi connectivity index (χ4v) is 3.78. The van der Waals surface area contributed by atoms with Crippen LogP contribution in [0.4, 0.5) is 5.95 Å². The van der Waals surface area contributed by atoms with Crippen LogP contribution >= 0.6 is 0 Å². The first-order chi connectivity index (χ1) is 9.96. The van der Waals surface area contributed by atoms with Gasteiger partial charge in [0, 0.05) is 30.9 Å². The van der Waals surface area contributed by atoms with Gasteiger partial charge in [0.2, 0.25) is 11.8 Å². The summed E-state index contributed by atoms with van der Waals surface area (Å²) in [4.78, 5) is 8.07. The van der Waals surface area contributed by atoms with Crippen molar-refractivity contribution in [3.63, 3.8) is 0 Å². The largest absolute Gasteiger partial charge is 0.481 e. The van der Waals surface area contributed by atoms with Gasteiger partial charge in [-0.1, -0.05) is 6.42 Å². The molecule has 0 radical (unpaired) electrons. The Balaban J connectivity index is 2.22. The van der Waals surface area contributed by atoms with E-state index in [0.717, 1.165) is 19.3 Å². The Morgan fingerprint density at radius 3 is 2.90 bits per heavy atom. The molecule has 0 saturated carbocycles. The molecule has 21 heavy (non-hydrogen) atoms. The number of rotatable bonds is 5. The zero-order valence-corrected chi connectivity index (χ0v) is 13.1. The van der Waals surface area contributed by atoms with E-state index in [-0.39, 0.29) is 12.0 Å². The fourth-order valence-electron chi connectivity index (χ4n) is 2.39. The summed E-state index contributed by atoms with van der Waals surface area (Å²) in [6.45, 7) is 2.50. The van der Waals surface area contributed by atoms with Gasteiger partial charge in [-0.3, -0.25) is 0 Å². The molecular formula is C12H21N5O3S. The topological polar surface area (TPSA) is 110 Å². The van der Waals surface area contributed by atoms with Crippen LogP contribution in [0.25, 0.3) is 0 Å². The van der Waals surface area contributed by atoms with Gasteiger partial charge in [-0.05, 0) is 19.8 Å². The lowest BCUT2D eigenvalue weighted by Gasteiger charge is -2.33. The zero-order valence-electron chi connectivity index (χ0n) is 12.2. The molecule has 2 heterocycles. The summed E-state index contributed by atoms with van der Waals surface area (Å²) in [6.07, 6.45) is 2.59. The number of ether oxygens (including phenoxy) is 1. The lowest BCUT2D eigenvalue weighted by atomic mass is 10.1. The smallest absolute Gasteiger partial charge is 0.304 e. The molecule has 1 aromatic rings. The molecule has 9 heteroatoms. The number of methoxy groups -OCH3 is 1. The van der Waals surface area contributed by atoms with Crippen molar-refractivity contribution in [1.82, 2.24) is 14.3 Å². The van der Waals surface area contributed by atoms with Crippen LogP contribution in [0.1, 0.15) is 25.0 Å². The molecule has 0 aliphatic carbocycles. The Hall–Kier alpha value is -1.45. The number of hydrogen-bond acceptors (Lipinski definition) is 6. The molecule has 1 fully saturated rings. The standard InChI is InChI=1S/C12H21N5O3S/c1-9-7-11(20-2)15-12(14-9)16-21(18,19)17-6-4-3-5-10(17)8-13/h7,10H,3-6,8,13H2,1-2H3,(H,14,15,16). The molecule has 8 nitrogen and oxygen atoms in total. The molecule has 0 amide bonds.